The highest BCUT2D eigenvalue weighted by atomic mass is 16.5. The third-order valence-corrected chi connectivity index (χ3v) is 5.65. The van der Waals surface area contributed by atoms with Gasteiger partial charge in [0.15, 0.2) is 0 Å². The molecule has 24 heavy (non-hydrogen) atoms. The molecule has 128 valence electrons. The van der Waals surface area contributed by atoms with Crippen molar-refractivity contribution >= 4 is 10.9 Å². The molecule has 2 aliphatic rings. The number of hydrogen-bond donors (Lipinski definition) is 0. The lowest BCUT2D eigenvalue weighted by Gasteiger charge is -2.48. The van der Waals surface area contributed by atoms with Crippen molar-refractivity contribution in [1.29, 1.82) is 0 Å². The molecule has 2 fully saturated rings. The van der Waals surface area contributed by atoms with Crippen molar-refractivity contribution in [3.8, 4) is 0 Å². The van der Waals surface area contributed by atoms with E-state index in [4.69, 9.17) is 9.47 Å². The molecule has 2 aliphatic heterocycles. The molecule has 1 spiro atoms. The fourth-order valence-electron chi connectivity index (χ4n) is 4.27. The van der Waals surface area contributed by atoms with Gasteiger partial charge in [-0.1, -0.05) is 12.1 Å². The summed E-state index contributed by atoms with van der Waals surface area (Å²) in [6, 6.07) is 10.7. The quantitative estimate of drug-likeness (QED) is 0.866. The van der Waals surface area contributed by atoms with Crippen LogP contribution in [0.15, 0.2) is 36.5 Å². The monoisotopic (exact) mass is 326 g/mol. The molecule has 4 rings (SSSR count). The van der Waals surface area contributed by atoms with Gasteiger partial charge in [0.05, 0.1) is 17.2 Å². The van der Waals surface area contributed by atoms with Crippen LogP contribution in [0, 0.1) is 0 Å². The fourth-order valence-corrected chi connectivity index (χ4v) is 4.27. The van der Waals surface area contributed by atoms with E-state index in [0.717, 1.165) is 57.4 Å². The van der Waals surface area contributed by atoms with Gasteiger partial charge in [0.1, 0.15) is 0 Å². The van der Waals surface area contributed by atoms with Crippen molar-refractivity contribution in [1.82, 2.24) is 9.88 Å². The normalized spacial score (nSPS) is 24.5. The van der Waals surface area contributed by atoms with Crippen LogP contribution in [0.1, 0.15) is 31.2 Å². The molecular formula is C20H26N2O2. The minimum atomic E-state index is -0.0448. The summed E-state index contributed by atoms with van der Waals surface area (Å²) in [5.74, 6) is 0. The smallest absolute Gasteiger partial charge is 0.0967 e. The molecule has 2 aromatic rings. The number of ether oxygens (including phenoxy) is 2. The zero-order valence-electron chi connectivity index (χ0n) is 14.4. The van der Waals surface area contributed by atoms with Crippen LogP contribution in [-0.2, 0) is 16.0 Å². The van der Waals surface area contributed by atoms with Crippen molar-refractivity contribution in [3.05, 3.63) is 42.1 Å². The third-order valence-electron chi connectivity index (χ3n) is 5.65. The Labute approximate surface area is 143 Å². The number of rotatable bonds is 3. The first-order valence-corrected chi connectivity index (χ1v) is 9.02. The van der Waals surface area contributed by atoms with E-state index in [2.05, 4.69) is 34.1 Å². The maximum atomic E-state index is 6.21. The molecule has 0 bridgehead atoms. The molecule has 2 saturated heterocycles. The first kappa shape index (κ1) is 16.0. The Hall–Kier alpha value is -1.49. The van der Waals surface area contributed by atoms with E-state index in [1.165, 1.54) is 10.9 Å². The number of likely N-dealkylation sites (tertiary alicyclic amines) is 1. The maximum absolute atomic E-state index is 6.21. The second-order valence-electron chi connectivity index (χ2n) is 7.09. The van der Waals surface area contributed by atoms with Crippen LogP contribution in [0.5, 0.6) is 0 Å². The topological polar surface area (TPSA) is 34.6 Å². The molecule has 0 N–H and O–H groups in total. The van der Waals surface area contributed by atoms with E-state index < -0.39 is 0 Å². The van der Waals surface area contributed by atoms with E-state index in [0.29, 0.717) is 0 Å². The third kappa shape index (κ3) is 3.06. The molecule has 0 saturated carbocycles. The Bertz CT molecular complexity index is 695. The van der Waals surface area contributed by atoms with Crippen LogP contribution in [0.4, 0.5) is 0 Å². The van der Waals surface area contributed by atoms with Crippen LogP contribution < -0.4 is 0 Å². The number of nitrogens with zero attached hydrogens (tertiary/aromatic N) is 2. The summed E-state index contributed by atoms with van der Waals surface area (Å²) < 4.78 is 11.9. The first-order valence-electron chi connectivity index (χ1n) is 9.02. The average molecular weight is 326 g/mol. The van der Waals surface area contributed by atoms with Crippen LogP contribution in [0.2, 0.25) is 0 Å². The zero-order chi connectivity index (χ0) is 16.4. The van der Waals surface area contributed by atoms with Gasteiger partial charge in [0.25, 0.3) is 0 Å². The van der Waals surface area contributed by atoms with Gasteiger partial charge in [0.2, 0.25) is 0 Å². The molecule has 1 aromatic carbocycles. The van der Waals surface area contributed by atoms with E-state index in [-0.39, 0.29) is 11.7 Å². The van der Waals surface area contributed by atoms with Crippen LogP contribution in [0.25, 0.3) is 10.9 Å². The number of fused-ring (bicyclic) bond motifs is 1. The highest BCUT2D eigenvalue weighted by Gasteiger charge is 2.44. The predicted octanol–water partition coefficient (Wildman–Crippen LogP) is 3.39. The Morgan fingerprint density at radius 3 is 3.00 bits per heavy atom. The summed E-state index contributed by atoms with van der Waals surface area (Å²) in [4.78, 5) is 6.94. The summed E-state index contributed by atoms with van der Waals surface area (Å²) in [5, 5.41) is 1.22. The van der Waals surface area contributed by atoms with E-state index in [1.54, 1.807) is 0 Å². The van der Waals surface area contributed by atoms with Gasteiger partial charge < -0.3 is 9.47 Å². The lowest BCUT2D eigenvalue weighted by atomic mass is 9.81. The van der Waals surface area contributed by atoms with Crippen LogP contribution >= 0.6 is 0 Å². The van der Waals surface area contributed by atoms with Crippen molar-refractivity contribution in [2.24, 2.45) is 0 Å². The highest BCUT2D eigenvalue weighted by molar-refractivity contribution is 5.78. The standard InChI is InChI=1S/C20H26N2O2/c1-23-19-5-3-13-24-20(19)8-11-22(12-9-20)15-16-6-7-18-17(14-16)4-2-10-21-18/h2,4,6-7,10,14,19H,3,5,8-9,11-13,15H2,1H3/t19-/m0/s1. The molecular weight excluding hydrogens is 300 g/mol. The SMILES string of the molecule is CO[C@H]1CCCOC12CCN(Cc1ccc3ncccc3c1)CC2. The van der Waals surface area contributed by atoms with E-state index in [1.807, 2.05) is 19.4 Å². The summed E-state index contributed by atoms with van der Waals surface area (Å²) in [6.07, 6.45) is 6.51. The summed E-state index contributed by atoms with van der Waals surface area (Å²) >= 11 is 0. The average Bonchev–Trinajstić information content (AvgIpc) is 2.64. The minimum absolute atomic E-state index is 0.0448. The number of hydrogen-bond acceptors (Lipinski definition) is 4. The van der Waals surface area contributed by atoms with Gasteiger partial charge in [0, 0.05) is 44.9 Å². The van der Waals surface area contributed by atoms with Gasteiger partial charge in [-0.15, -0.1) is 0 Å². The molecule has 0 aliphatic carbocycles. The Kier molecular flexibility index (Phi) is 4.53. The first-order chi connectivity index (χ1) is 11.8. The molecule has 3 heterocycles. The number of pyridine rings is 1. The van der Waals surface area contributed by atoms with Gasteiger partial charge in [-0.2, -0.15) is 0 Å². The molecule has 0 amide bonds. The van der Waals surface area contributed by atoms with Gasteiger partial charge in [-0.3, -0.25) is 9.88 Å². The molecule has 1 atom stereocenters. The summed E-state index contributed by atoms with van der Waals surface area (Å²) in [6.45, 7) is 4.03. The Morgan fingerprint density at radius 2 is 2.17 bits per heavy atom. The second-order valence-corrected chi connectivity index (χ2v) is 7.09. The van der Waals surface area contributed by atoms with Crippen LogP contribution in [0.3, 0.4) is 0 Å². The van der Waals surface area contributed by atoms with Crippen molar-refractivity contribution in [3.63, 3.8) is 0 Å². The Morgan fingerprint density at radius 1 is 1.29 bits per heavy atom. The lowest BCUT2D eigenvalue weighted by molar-refractivity contribution is -0.186. The molecule has 0 radical (unpaired) electrons. The molecule has 4 nitrogen and oxygen atoms in total. The lowest BCUT2D eigenvalue weighted by Crippen LogP contribution is -2.55. The largest absolute Gasteiger partial charge is 0.378 e. The Balaban J connectivity index is 1.42. The summed E-state index contributed by atoms with van der Waals surface area (Å²) in [5.41, 5.74) is 2.38. The van der Waals surface area contributed by atoms with Gasteiger partial charge in [-0.05, 0) is 49.4 Å². The minimum Gasteiger partial charge on any atom is -0.378 e. The number of methoxy groups -OCH3 is 1. The highest BCUT2D eigenvalue weighted by Crippen LogP contribution is 2.37. The molecule has 0 unspecified atom stereocenters. The van der Waals surface area contributed by atoms with E-state index in [9.17, 15) is 0 Å². The van der Waals surface area contributed by atoms with Crippen LogP contribution in [-0.4, -0.2) is 48.4 Å². The number of aromatic nitrogens is 1. The zero-order valence-corrected chi connectivity index (χ0v) is 14.4. The number of piperidine rings is 1. The molecule has 4 heteroatoms. The van der Waals surface area contributed by atoms with E-state index >= 15 is 0 Å². The maximum Gasteiger partial charge on any atom is 0.0967 e. The van der Waals surface area contributed by atoms with Gasteiger partial charge in [-0.25, -0.2) is 0 Å². The fraction of sp³-hybridized carbons (Fsp3) is 0.550. The summed E-state index contributed by atoms with van der Waals surface area (Å²) in [7, 11) is 1.83. The number of benzene rings is 1. The van der Waals surface area contributed by atoms with Gasteiger partial charge >= 0.3 is 0 Å². The second kappa shape index (κ2) is 6.79. The van der Waals surface area contributed by atoms with Crippen molar-refractivity contribution in [2.45, 2.75) is 43.9 Å². The predicted molar refractivity (Wildman–Crippen MR) is 95.0 cm³/mol. The van der Waals surface area contributed by atoms with Crippen molar-refractivity contribution < 1.29 is 9.47 Å². The van der Waals surface area contributed by atoms with Crippen molar-refractivity contribution in [2.75, 3.05) is 26.8 Å². The molecule has 1 aromatic heterocycles.